The van der Waals surface area contributed by atoms with Crippen molar-refractivity contribution < 1.29 is 9.53 Å². The quantitative estimate of drug-likeness (QED) is 0.824. The van der Waals surface area contributed by atoms with Crippen molar-refractivity contribution in [1.29, 1.82) is 0 Å². The van der Waals surface area contributed by atoms with Gasteiger partial charge < -0.3 is 21.1 Å². The number of benzene rings is 1. The highest BCUT2D eigenvalue weighted by atomic mass is 16.5. The van der Waals surface area contributed by atoms with Gasteiger partial charge in [-0.1, -0.05) is 13.8 Å². The van der Waals surface area contributed by atoms with Crippen LogP contribution >= 0.6 is 0 Å². The highest BCUT2D eigenvalue weighted by Gasteiger charge is 2.46. The number of carbonyl (C=O) groups excluding carboxylic acids is 1. The van der Waals surface area contributed by atoms with E-state index in [1.807, 2.05) is 26.8 Å². The summed E-state index contributed by atoms with van der Waals surface area (Å²) < 4.78 is 6.02. The number of carbonyl (C=O) groups is 1. The molecule has 110 valence electrons. The van der Waals surface area contributed by atoms with Crippen LogP contribution in [0.25, 0.3) is 0 Å². The van der Waals surface area contributed by atoms with Gasteiger partial charge in [0.15, 0.2) is 5.60 Å². The van der Waals surface area contributed by atoms with E-state index in [2.05, 4.69) is 0 Å². The Bertz CT molecular complexity index is 512. The van der Waals surface area contributed by atoms with E-state index in [1.165, 1.54) is 0 Å². The largest absolute Gasteiger partial charge is 0.475 e. The lowest BCUT2D eigenvalue weighted by atomic mass is 9.92. The van der Waals surface area contributed by atoms with Crippen molar-refractivity contribution in [2.24, 2.45) is 5.73 Å². The number of nitrogens with two attached hydrogens (primary N) is 2. The summed E-state index contributed by atoms with van der Waals surface area (Å²) in [6.07, 6.45) is 1.23. The maximum Gasteiger partial charge on any atom is 0.271 e. The molecule has 5 heteroatoms. The summed E-state index contributed by atoms with van der Waals surface area (Å²) in [5, 5.41) is 0. The van der Waals surface area contributed by atoms with Crippen LogP contribution in [-0.4, -0.2) is 24.1 Å². The molecule has 0 bridgehead atoms. The van der Waals surface area contributed by atoms with E-state index in [0.717, 1.165) is 5.69 Å². The smallest absolute Gasteiger partial charge is 0.271 e. The van der Waals surface area contributed by atoms with Crippen molar-refractivity contribution in [1.82, 2.24) is 0 Å². The van der Waals surface area contributed by atoms with Crippen LogP contribution < -0.4 is 21.1 Å². The van der Waals surface area contributed by atoms with Gasteiger partial charge in [-0.2, -0.15) is 0 Å². The van der Waals surface area contributed by atoms with Crippen LogP contribution in [0.1, 0.15) is 33.6 Å². The van der Waals surface area contributed by atoms with Gasteiger partial charge >= 0.3 is 0 Å². The minimum atomic E-state index is -0.815. The molecule has 1 aromatic carbocycles. The van der Waals surface area contributed by atoms with Gasteiger partial charge in [0.05, 0.1) is 5.69 Å². The number of hydrogen-bond acceptors (Lipinski definition) is 4. The van der Waals surface area contributed by atoms with Gasteiger partial charge in [-0.05, 0) is 31.9 Å². The lowest BCUT2D eigenvalue weighted by Crippen LogP contribution is -2.59. The Balaban J connectivity index is 2.58. The number of hydrogen-bond donors (Lipinski definition) is 2. The SMILES string of the molecule is CCC1(CC)Oc2cc(N)ccc2N(C(C)CN)C1=O. The zero-order valence-corrected chi connectivity index (χ0v) is 12.3. The van der Waals surface area contributed by atoms with Gasteiger partial charge in [0.25, 0.3) is 5.91 Å². The highest BCUT2D eigenvalue weighted by molar-refractivity contribution is 6.03. The summed E-state index contributed by atoms with van der Waals surface area (Å²) in [5.74, 6) is 0.645. The molecule has 0 fully saturated rings. The molecule has 20 heavy (non-hydrogen) atoms. The first-order valence-electron chi connectivity index (χ1n) is 7.11. The predicted octanol–water partition coefficient (Wildman–Crippen LogP) is 1.90. The molecular formula is C15H23N3O2. The first-order valence-corrected chi connectivity index (χ1v) is 7.11. The molecule has 1 aromatic rings. The monoisotopic (exact) mass is 277 g/mol. The molecule has 0 aromatic heterocycles. The summed E-state index contributed by atoms with van der Waals surface area (Å²) in [5.41, 5.74) is 12.2. The molecule has 0 spiro atoms. The van der Waals surface area contributed by atoms with E-state index < -0.39 is 5.60 Å². The number of ether oxygens (including phenoxy) is 1. The third-order valence-electron chi connectivity index (χ3n) is 4.08. The van der Waals surface area contributed by atoms with Crippen LogP contribution in [0.5, 0.6) is 5.75 Å². The average molecular weight is 277 g/mol. The van der Waals surface area contributed by atoms with Crippen LogP contribution in [0.4, 0.5) is 11.4 Å². The number of fused-ring (bicyclic) bond motifs is 1. The molecule has 1 aliphatic rings. The van der Waals surface area contributed by atoms with E-state index in [-0.39, 0.29) is 11.9 Å². The van der Waals surface area contributed by atoms with Crippen molar-refractivity contribution in [3.8, 4) is 5.75 Å². The molecule has 5 nitrogen and oxygen atoms in total. The zero-order chi connectivity index (χ0) is 14.9. The zero-order valence-electron chi connectivity index (χ0n) is 12.3. The number of amides is 1. The molecule has 1 atom stereocenters. The Morgan fingerprint density at radius 1 is 1.35 bits per heavy atom. The Morgan fingerprint density at radius 2 is 2.00 bits per heavy atom. The summed E-state index contributed by atoms with van der Waals surface area (Å²) in [6, 6.07) is 5.30. The Labute approximate surface area is 119 Å². The van der Waals surface area contributed by atoms with Gasteiger partial charge in [-0.3, -0.25) is 4.79 Å². The van der Waals surface area contributed by atoms with Crippen molar-refractivity contribution in [3.05, 3.63) is 18.2 Å². The van der Waals surface area contributed by atoms with E-state index in [0.29, 0.717) is 30.8 Å². The molecule has 2 rings (SSSR count). The fraction of sp³-hybridized carbons (Fsp3) is 0.533. The number of rotatable bonds is 4. The van der Waals surface area contributed by atoms with Gasteiger partial charge in [0.2, 0.25) is 0 Å². The Kier molecular flexibility index (Phi) is 3.90. The van der Waals surface area contributed by atoms with Gasteiger partial charge in [-0.25, -0.2) is 0 Å². The third-order valence-corrected chi connectivity index (χ3v) is 4.08. The normalized spacial score (nSPS) is 18.4. The molecule has 4 N–H and O–H groups in total. The number of anilines is 2. The first-order chi connectivity index (χ1) is 9.49. The molecule has 1 unspecified atom stereocenters. The van der Waals surface area contributed by atoms with Crippen molar-refractivity contribution in [2.75, 3.05) is 17.2 Å². The molecule has 1 heterocycles. The topological polar surface area (TPSA) is 81.6 Å². The maximum atomic E-state index is 12.9. The second-order valence-electron chi connectivity index (χ2n) is 5.29. The molecular weight excluding hydrogens is 254 g/mol. The summed E-state index contributed by atoms with van der Waals surface area (Å²) in [4.78, 5) is 14.6. The lowest BCUT2D eigenvalue weighted by molar-refractivity contribution is -0.136. The third kappa shape index (κ3) is 2.12. The standard InChI is InChI=1S/C15H23N3O2/c1-4-15(5-2)14(19)18(10(3)9-16)12-7-6-11(17)8-13(12)20-15/h6-8,10H,4-5,9,16-17H2,1-3H3. The minimum absolute atomic E-state index is 0.0160. The van der Waals surface area contributed by atoms with Crippen LogP contribution in [0, 0.1) is 0 Å². The van der Waals surface area contributed by atoms with Crippen LogP contribution in [-0.2, 0) is 4.79 Å². The molecule has 0 radical (unpaired) electrons. The highest BCUT2D eigenvalue weighted by Crippen LogP contribution is 2.42. The van der Waals surface area contributed by atoms with E-state index >= 15 is 0 Å². The number of nitrogen functional groups attached to an aromatic ring is 1. The fourth-order valence-corrected chi connectivity index (χ4v) is 2.63. The van der Waals surface area contributed by atoms with Crippen LogP contribution in [0.2, 0.25) is 0 Å². The molecule has 0 saturated carbocycles. The Hall–Kier alpha value is -1.75. The minimum Gasteiger partial charge on any atom is -0.475 e. The summed E-state index contributed by atoms with van der Waals surface area (Å²) in [6.45, 7) is 6.27. The first kappa shape index (κ1) is 14.7. The van der Waals surface area contributed by atoms with Crippen LogP contribution in [0.3, 0.4) is 0 Å². The number of nitrogens with zero attached hydrogens (tertiary/aromatic N) is 1. The summed E-state index contributed by atoms with van der Waals surface area (Å²) >= 11 is 0. The fourth-order valence-electron chi connectivity index (χ4n) is 2.63. The molecule has 1 aliphatic heterocycles. The van der Waals surface area contributed by atoms with Crippen molar-refractivity contribution in [3.63, 3.8) is 0 Å². The van der Waals surface area contributed by atoms with E-state index in [1.54, 1.807) is 17.0 Å². The summed E-state index contributed by atoms with van der Waals surface area (Å²) in [7, 11) is 0. The molecule has 1 amide bonds. The van der Waals surface area contributed by atoms with Gasteiger partial charge in [0.1, 0.15) is 5.75 Å². The Morgan fingerprint density at radius 3 is 2.55 bits per heavy atom. The van der Waals surface area contributed by atoms with Crippen LogP contribution in [0.15, 0.2) is 18.2 Å². The lowest BCUT2D eigenvalue weighted by Gasteiger charge is -2.44. The average Bonchev–Trinajstić information content (AvgIpc) is 2.46. The van der Waals surface area contributed by atoms with E-state index in [4.69, 9.17) is 16.2 Å². The molecule has 0 saturated heterocycles. The predicted molar refractivity (Wildman–Crippen MR) is 80.8 cm³/mol. The molecule has 0 aliphatic carbocycles. The maximum absolute atomic E-state index is 12.9. The van der Waals surface area contributed by atoms with Crippen molar-refractivity contribution >= 4 is 17.3 Å². The van der Waals surface area contributed by atoms with Gasteiger partial charge in [-0.15, -0.1) is 0 Å². The second kappa shape index (κ2) is 5.32. The second-order valence-corrected chi connectivity index (χ2v) is 5.29. The van der Waals surface area contributed by atoms with Crippen molar-refractivity contribution in [2.45, 2.75) is 45.3 Å². The van der Waals surface area contributed by atoms with Gasteiger partial charge in [0, 0.05) is 24.3 Å². The van der Waals surface area contributed by atoms with E-state index in [9.17, 15) is 4.79 Å².